The van der Waals surface area contributed by atoms with Gasteiger partial charge in [0.25, 0.3) is 0 Å². The van der Waals surface area contributed by atoms with Crippen LogP contribution in [0.15, 0.2) is 42.7 Å². The van der Waals surface area contributed by atoms with Gasteiger partial charge in [-0.25, -0.2) is 0 Å². The molecule has 2 aromatic rings. The molecule has 0 unspecified atom stereocenters. The summed E-state index contributed by atoms with van der Waals surface area (Å²) in [4.78, 5) is 3.88. The summed E-state index contributed by atoms with van der Waals surface area (Å²) in [6.45, 7) is 0.372. The van der Waals surface area contributed by atoms with Crippen LogP contribution in [0.1, 0.15) is 5.56 Å². The molecule has 0 aliphatic rings. The fraction of sp³-hybridized carbons (Fsp3) is 0.154. The van der Waals surface area contributed by atoms with Gasteiger partial charge >= 0.3 is 7.12 Å². The van der Waals surface area contributed by atoms with E-state index in [4.69, 9.17) is 19.5 Å². The molecule has 1 heterocycles. The first kappa shape index (κ1) is 13.4. The zero-order valence-electron chi connectivity index (χ0n) is 10.5. The molecule has 0 fully saturated rings. The quantitative estimate of drug-likeness (QED) is 0.758. The molecule has 5 nitrogen and oxygen atoms in total. The van der Waals surface area contributed by atoms with Crippen molar-refractivity contribution in [3.63, 3.8) is 0 Å². The molecule has 0 saturated heterocycles. The number of hydrogen-bond donors (Lipinski definition) is 2. The zero-order chi connectivity index (χ0) is 13.7. The molecule has 0 aliphatic heterocycles. The van der Waals surface area contributed by atoms with E-state index in [9.17, 15) is 0 Å². The van der Waals surface area contributed by atoms with E-state index in [0.29, 0.717) is 17.8 Å². The van der Waals surface area contributed by atoms with Gasteiger partial charge in [0, 0.05) is 11.7 Å². The average molecular weight is 259 g/mol. The van der Waals surface area contributed by atoms with Crippen LogP contribution in [0.3, 0.4) is 0 Å². The van der Waals surface area contributed by atoms with Crippen molar-refractivity contribution in [2.75, 3.05) is 7.11 Å². The van der Waals surface area contributed by atoms with Crippen LogP contribution < -0.4 is 14.9 Å². The second kappa shape index (κ2) is 6.22. The third-order valence-electron chi connectivity index (χ3n) is 2.60. The van der Waals surface area contributed by atoms with Crippen LogP contribution in [-0.4, -0.2) is 29.3 Å². The van der Waals surface area contributed by atoms with Crippen LogP contribution in [0, 0.1) is 0 Å². The van der Waals surface area contributed by atoms with Crippen LogP contribution in [0.2, 0.25) is 0 Å². The lowest BCUT2D eigenvalue weighted by molar-refractivity contribution is 0.304. The lowest BCUT2D eigenvalue weighted by Gasteiger charge is -2.08. The Morgan fingerprint density at radius 3 is 2.47 bits per heavy atom. The summed E-state index contributed by atoms with van der Waals surface area (Å²) in [6.07, 6.45) is 2.90. The molecule has 19 heavy (non-hydrogen) atoms. The topological polar surface area (TPSA) is 71.8 Å². The van der Waals surface area contributed by atoms with Gasteiger partial charge < -0.3 is 19.5 Å². The van der Waals surface area contributed by atoms with E-state index in [2.05, 4.69) is 4.98 Å². The molecule has 0 bridgehead atoms. The van der Waals surface area contributed by atoms with Crippen molar-refractivity contribution in [1.29, 1.82) is 0 Å². The minimum atomic E-state index is -1.54. The van der Waals surface area contributed by atoms with Crippen LogP contribution >= 0.6 is 0 Å². The summed E-state index contributed by atoms with van der Waals surface area (Å²) in [7, 11) is 0.0696. The number of aromatic nitrogens is 1. The Hall–Kier alpha value is -2.05. The molecular weight excluding hydrogens is 245 g/mol. The Kier molecular flexibility index (Phi) is 4.38. The monoisotopic (exact) mass is 259 g/mol. The summed E-state index contributed by atoms with van der Waals surface area (Å²) < 4.78 is 10.6. The van der Waals surface area contributed by atoms with Crippen LogP contribution in [-0.2, 0) is 6.61 Å². The van der Waals surface area contributed by atoms with Crippen molar-refractivity contribution in [2.24, 2.45) is 0 Å². The first-order valence-corrected chi connectivity index (χ1v) is 5.76. The lowest BCUT2D eigenvalue weighted by atomic mass is 9.82. The molecule has 1 aromatic carbocycles. The Morgan fingerprint density at radius 1 is 1.11 bits per heavy atom. The molecule has 0 aliphatic carbocycles. The molecular formula is C13H14BNO4. The summed E-state index contributed by atoms with van der Waals surface area (Å²) in [6, 6.07) is 9.05. The molecule has 98 valence electrons. The molecule has 0 spiro atoms. The van der Waals surface area contributed by atoms with E-state index >= 15 is 0 Å². The van der Waals surface area contributed by atoms with Gasteiger partial charge in [0.2, 0.25) is 0 Å². The van der Waals surface area contributed by atoms with E-state index in [1.165, 1.54) is 12.4 Å². The third-order valence-corrected chi connectivity index (χ3v) is 2.60. The zero-order valence-corrected chi connectivity index (χ0v) is 10.5. The van der Waals surface area contributed by atoms with Gasteiger partial charge in [-0.1, -0.05) is 12.1 Å². The van der Waals surface area contributed by atoms with Crippen LogP contribution in [0.4, 0.5) is 0 Å². The predicted octanol–water partition coefficient (Wildman–Crippen LogP) is 0.349. The maximum Gasteiger partial charge on any atom is 0.490 e. The van der Waals surface area contributed by atoms with Gasteiger partial charge in [-0.05, 0) is 23.8 Å². The van der Waals surface area contributed by atoms with E-state index in [-0.39, 0.29) is 0 Å². The van der Waals surface area contributed by atoms with Gasteiger partial charge in [0.1, 0.15) is 18.1 Å². The second-order valence-corrected chi connectivity index (χ2v) is 3.96. The predicted molar refractivity (Wildman–Crippen MR) is 71.4 cm³/mol. The molecule has 0 amide bonds. The van der Waals surface area contributed by atoms with Gasteiger partial charge in [-0.2, -0.15) is 0 Å². The van der Waals surface area contributed by atoms with Crippen molar-refractivity contribution in [1.82, 2.24) is 4.98 Å². The number of rotatable bonds is 5. The summed E-state index contributed by atoms with van der Waals surface area (Å²) in [5.74, 6) is 1.28. The maximum atomic E-state index is 9.04. The van der Waals surface area contributed by atoms with Gasteiger partial charge in [0.15, 0.2) is 0 Å². The number of methoxy groups -OCH3 is 1. The van der Waals surface area contributed by atoms with Crippen molar-refractivity contribution in [2.45, 2.75) is 6.61 Å². The van der Waals surface area contributed by atoms with Gasteiger partial charge in [0.05, 0.1) is 13.3 Å². The van der Waals surface area contributed by atoms with Crippen LogP contribution in [0.5, 0.6) is 11.5 Å². The van der Waals surface area contributed by atoms with Crippen molar-refractivity contribution in [3.05, 3.63) is 48.3 Å². The first-order chi connectivity index (χ1) is 9.19. The Morgan fingerprint density at radius 2 is 1.84 bits per heavy atom. The van der Waals surface area contributed by atoms with Crippen molar-refractivity contribution in [3.8, 4) is 11.5 Å². The molecule has 0 saturated carbocycles. The Labute approximate surface area is 111 Å². The Bertz CT molecular complexity index is 530. The van der Waals surface area contributed by atoms with Crippen molar-refractivity contribution >= 4 is 12.6 Å². The third kappa shape index (κ3) is 3.71. The minimum absolute atomic E-state index is 0.298. The normalized spacial score (nSPS) is 10.1. The molecule has 1 aromatic heterocycles. The largest absolute Gasteiger partial charge is 0.497 e. The summed E-state index contributed by atoms with van der Waals surface area (Å²) in [5, 5.41) is 18.1. The van der Waals surface area contributed by atoms with E-state index < -0.39 is 7.12 Å². The highest BCUT2D eigenvalue weighted by molar-refractivity contribution is 6.58. The Balaban J connectivity index is 1.99. The fourth-order valence-electron chi connectivity index (χ4n) is 1.54. The highest BCUT2D eigenvalue weighted by Crippen LogP contribution is 2.14. The minimum Gasteiger partial charge on any atom is -0.497 e. The average Bonchev–Trinajstić information content (AvgIpc) is 2.46. The number of nitrogens with zero attached hydrogens (tertiary/aromatic N) is 1. The second-order valence-electron chi connectivity index (χ2n) is 3.96. The summed E-state index contributed by atoms with van der Waals surface area (Å²) >= 11 is 0. The highest BCUT2D eigenvalue weighted by Gasteiger charge is 2.11. The van der Waals surface area contributed by atoms with E-state index in [1.807, 2.05) is 24.3 Å². The fourth-order valence-corrected chi connectivity index (χ4v) is 1.54. The van der Waals surface area contributed by atoms with E-state index in [0.717, 1.165) is 11.3 Å². The number of ether oxygens (including phenoxy) is 2. The number of pyridine rings is 1. The van der Waals surface area contributed by atoms with Crippen LogP contribution in [0.25, 0.3) is 0 Å². The van der Waals surface area contributed by atoms with E-state index in [1.54, 1.807) is 13.2 Å². The SMILES string of the molecule is COc1ccc(COc2cncc(B(O)O)c2)cc1. The highest BCUT2D eigenvalue weighted by atomic mass is 16.5. The molecule has 6 heteroatoms. The maximum absolute atomic E-state index is 9.04. The number of hydrogen-bond acceptors (Lipinski definition) is 5. The standard InChI is InChI=1S/C13H14BNO4/c1-18-12-4-2-10(3-5-12)9-19-13-6-11(14(16)17)7-15-8-13/h2-8,16-17H,9H2,1H3. The smallest absolute Gasteiger partial charge is 0.490 e. The molecule has 0 atom stereocenters. The molecule has 0 radical (unpaired) electrons. The first-order valence-electron chi connectivity index (χ1n) is 5.76. The van der Waals surface area contributed by atoms with Crippen molar-refractivity contribution < 1.29 is 19.5 Å². The molecule has 2 rings (SSSR count). The lowest BCUT2D eigenvalue weighted by Crippen LogP contribution is -2.30. The number of benzene rings is 1. The van der Waals surface area contributed by atoms with Gasteiger partial charge in [-0.15, -0.1) is 0 Å². The van der Waals surface area contributed by atoms with Gasteiger partial charge in [-0.3, -0.25) is 4.98 Å². The molecule has 2 N–H and O–H groups in total. The summed E-state index contributed by atoms with van der Waals surface area (Å²) in [5.41, 5.74) is 1.28.